The van der Waals surface area contributed by atoms with Crippen LogP contribution in [0.1, 0.15) is 50.9 Å². The molecule has 0 radical (unpaired) electrons. The Balaban J connectivity index is 1.76. The first-order chi connectivity index (χ1) is 23.4. The summed E-state index contributed by atoms with van der Waals surface area (Å²) >= 11 is 38.7. The Morgan fingerprint density at radius 1 is 0.714 bits per heavy atom. The summed E-state index contributed by atoms with van der Waals surface area (Å²) < 4.78 is 5.47. The van der Waals surface area contributed by atoms with Gasteiger partial charge in [-0.25, -0.2) is 0 Å². The molecule has 49 heavy (non-hydrogen) atoms. The number of rotatable bonds is 7. The van der Waals surface area contributed by atoms with Gasteiger partial charge in [-0.3, -0.25) is 4.79 Å². The maximum Gasteiger partial charge on any atom is 0.169 e. The molecule has 6 rings (SSSR count). The number of halogens is 6. The van der Waals surface area contributed by atoms with E-state index in [0.29, 0.717) is 53.7 Å². The molecule has 1 fully saturated rings. The summed E-state index contributed by atoms with van der Waals surface area (Å²) in [4.78, 5) is 15.1. The van der Waals surface area contributed by atoms with Crippen molar-refractivity contribution in [2.24, 2.45) is 5.92 Å². The molecule has 5 aromatic carbocycles. The summed E-state index contributed by atoms with van der Waals surface area (Å²) in [7, 11) is 1.56. The van der Waals surface area contributed by atoms with Crippen LogP contribution < -0.4 is 4.74 Å². The van der Waals surface area contributed by atoms with Crippen LogP contribution in [0.2, 0.25) is 30.1 Å². The maximum absolute atomic E-state index is 15.1. The van der Waals surface area contributed by atoms with E-state index in [-0.39, 0.29) is 16.5 Å². The number of carbonyl (C=O) groups is 1. The first kappa shape index (κ1) is 35.6. The molecule has 5 atom stereocenters. The van der Waals surface area contributed by atoms with Crippen LogP contribution in [-0.2, 0) is 11.0 Å². The van der Waals surface area contributed by atoms with Crippen molar-refractivity contribution < 1.29 is 14.6 Å². The quantitative estimate of drug-likeness (QED) is 0.167. The molecule has 248 valence electrons. The molecule has 0 aromatic heterocycles. The van der Waals surface area contributed by atoms with Crippen LogP contribution in [0.25, 0.3) is 0 Å². The van der Waals surface area contributed by atoms with Crippen molar-refractivity contribution in [1.29, 1.82) is 5.26 Å². The number of benzene rings is 5. The van der Waals surface area contributed by atoms with Crippen LogP contribution in [0.5, 0.6) is 5.75 Å². The number of carbonyl (C=O) groups excluding carboxylic acids is 1. The second kappa shape index (κ2) is 14.2. The van der Waals surface area contributed by atoms with Gasteiger partial charge in [0.25, 0.3) is 0 Å². The van der Waals surface area contributed by atoms with E-state index in [1.54, 1.807) is 104 Å². The first-order valence-corrected chi connectivity index (χ1v) is 17.4. The Bertz CT molecular complexity index is 2060. The number of hydrogen-bond donors (Lipinski definition) is 1. The van der Waals surface area contributed by atoms with Gasteiger partial charge >= 0.3 is 0 Å². The number of aliphatic hydroxyl groups is 1. The van der Waals surface area contributed by atoms with Crippen LogP contribution in [0.3, 0.4) is 0 Å². The van der Waals surface area contributed by atoms with E-state index >= 15 is 4.79 Å². The topological polar surface area (TPSA) is 70.3 Å². The van der Waals surface area contributed by atoms with Crippen molar-refractivity contribution in [3.05, 3.63) is 167 Å². The summed E-state index contributed by atoms with van der Waals surface area (Å²) in [6.45, 7) is 0. The number of nitriles is 1. The number of Topliss-reactive ketones (excluding diaryl/α,β-unsaturated/α-hetero) is 1. The lowest BCUT2D eigenvalue weighted by Crippen LogP contribution is -2.58. The van der Waals surface area contributed by atoms with Gasteiger partial charge in [0.1, 0.15) is 11.4 Å². The minimum atomic E-state index is -1.86. The third-order valence-electron chi connectivity index (χ3n) is 9.56. The number of methoxy groups -OCH3 is 1. The standard InChI is InChI=1S/C39H27Cl6NO3/c1-49-29-14-8-25(9-15-29)38(21-46)30(23-4-16-31(42)33(44)18-23)20-39(48,26-6-12-28(41)13-7-26)36(37(47)22-2-10-27(40)11-3-22)35(38)24-5-17-32(43)34(45)19-24/h2-19,30,35-36,48H,20H2,1H3/t30-,35-,36+,38-,39-/m0/s1. The van der Waals surface area contributed by atoms with Crippen molar-refractivity contribution in [1.82, 2.24) is 0 Å². The lowest BCUT2D eigenvalue weighted by molar-refractivity contribution is -0.0738. The van der Waals surface area contributed by atoms with Crippen molar-refractivity contribution >= 4 is 75.4 Å². The van der Waals surface area contributed by atoms with E-state index in [0.717, 1.165) is 0 Å². The summed E-state index contributed by atoms with van der Waals surface area (Å²) in [6.07, 6.45) is -0.0615. The second-order valence-corrected chi connectivity index (χ2v) is 14.6. The van der Waals surface area contributed by atoms with Gasteiger partial charge in [0.2, 0.25) is 0 Å². The zero-order valence-corrected chi connectivity index (χ0v) is 30.3. The Morgan fingerprint density at radius 3 is 1.76 bits per heavy atom. The molecule has 1 N–H and O–H groups in total. The van der Waals surface area contributed by atoms with E-state index in [9.17, 15) is 10.4 Å². The van der Waals surface area contributed by atoms with Crippen molar-refractivity contribution in [2.75, 3.05) is 7.11 Å². The van der Waals surface area contributed by atoms with Crippen LogP contribution in [0.4, 0.5) is 0 Å². The molecule has 0 bridgehead atoms. The monoisotopic (exact) mass is 767 g/mol. The lowest BCUT2D eigenvalue weighted by atomic mass is 9.46. The summed E-state index contributed by atoms with van der Waals surface area (Å²) in [5.41, 5.74) is -0.858. The van der Waals surface area contributed by atoms with Crippen molar-refractivity contribution in [3.8, 4) is 11.8 Å². The molecule has 0 heterocycles. The van der Waals surface area contributed by atoms with Gasteiger partial charge in [-0.15, -0.1) is 0 Å². The fourth-order valence-electron chi connectivity index (χ4n) is 7.28. The van der Waals surface area contributed by atoms with Crippen LogP contribution in [-0.4, -0.2) is 18.0 Å². The maximum atomic E-state index is 15.1. The number of ether oxygens (including phenoxy) is 1. The molecule has 0 spiro atoms. The molecule has 10 heteroatoms. The van der Waals surface area contributed by atoms with Gasteiger partial charge in [-0.05, 0) is 101 Å². The predicted molar refractivity (Wildman–Crippen MR) is 198 cm³/mol. The van der Waals surface area contributed by atoms with Gasteiger partial charge in [-0.1, -0.05) is 106 Å². The van der Waals surface area contributed by atoms with Crippen molar-refractivity contribution in [3.63, 3.8) is 0 Å². The average Bonchev–Trinajstić information content (AvgIpc) is 3.10. The minimum Gasteiger partial charge on any atom is -0.497 e. The molecule has 0 aliphatic heterocycles. The van der Waals surface area contributed by atoms with Gasteiger partial charge in [-0.2, -0.15) is 5.26 Å². The van der Waals surface area contributed by atoms with E-state index in [1.807, 2.05) is 12.1 Å². The molecule has 5 aromatic rings. The highest BCUT2D eigenvalue weighted by atomic mass is 35.5. The molecule has 1 aliphatic rings. The number of ketones is 1. The zero-order valence-electron chi connectivity index (χ0n) is 25.8. The molecular formula is C39H27Cl6NO3. The van der Waals surface area contributed by atoms with Crippen molar-refractivity contribution in [2.45, 2.75) is 29.3 Å². The van der Waals surface area contributed by atoms with E-state index in [1.165, 1.54) is 0 Å². The summed E-state index contributed by atoms with van der Waals surface area (Å²) in [5.74, 6) is -2.83. The van der Waals surface area contributed by atoms with Gasteiger partial charge < -0.3 is 9.84 Å². The molecule has 0 amide bonds. The number of hydrogen-bond acceptors (Lipinski definition) is 4. The highest BCUT2D eigenvalue weighted by Gasteiger charge is 2.64. The zero-order chi connectivity index (χ0) is 35.1. The Hall–Kier alpha value is -3.24. The molecular weight excluding hydrogens is 743 g/mol. The predicted octanol–water partition coefficient (Wildman–Crippen LogP) is 11.7. The van der Waals surface area contributed by atoms with Gasteiger partial charge in [0.15, 0.2) is 5.78 Å². The highest BCUT2D eigenvalue weighted by Crippen LogP contribution is 2.64. The van der Waals surface area contributed by atoms with Gasteiger partial charge in [0.05, 0.1) is 44.6 Å². The van der Waals surface area contributed by atoms with E-state index < -0.39 is 34.6 Å². The molecule has 1 aliphatic carbocycles. The molecule has 0 saturated heterocycles. The summed E-state index contributed by atoms with van der Waals surface area (Å²) in [6, 6.07) is 33.2. The molecule has 4 nitrogen and oxygen atoms in total. The normalized spacial score (nSPS) is 23.4. The minimum absolute atomic E-state index is 0.0615. The largest absolute Gasteiger partial charge is 0.497 e. The number of nitrogens with zero attached hydrogens (tertiary/aromatic N) is 1. The lowest BCUT2D eigenvalue weighted by Gasteiger charge is -2.56. The van der Waals surface area contributed by atoms with Crippen LogP contribution in [0, 0.1) is 17.2 Å². The van der Waals surface area contributed by atoms with Gasteiger partial charge in [0, 0.05) is 27.4 Å². The smallest absolute Gasteiger partial charge is 0.169 e. The fourth-order valence-corrected chi connectivity index (χ4v) is 8.15. The first-order valence-electron chi connectivity index (χ1n) is 15.2. The SMILES string of the molecule is COc1ccc([C@@]2(C#N)[C@H](c3ccc(Cl)c(Cl)c3)C[C@](O)(c3ccc(Cl)cc3)[C@@H](C(=O)c3ccc(Cl)cc3)[C@@H]2c2ccc(Cl)c(Cl)c2)cc1. The Labute approximate surface area is 314 Å². The summed E-state index contributed by atoms with van der Waals surface area (Å²) in [5, 5.41) is 27.0. The Morgan fingerprint density at radius 2 is 1.22 bits per heavy atom. The molecule has 0 unspecified atom stereocenters. The van der Waals surface area contributed by atoms with Crippen LogP contribution in [0.15, 0.2) is 109 Å². The third kappa shape index (κ3) is 6.44. The van der Waals surface area contributed by atoms with E-state index in [2.05, 4.69) is 6.07 Å². The fraction of sp³-hybridized carbons (Fsp3) is 0.179. The second-order valence-electron chi connectivity index (χ2n) is 12.1. The van der Waals surface area contributed by atoms with E-state index in [4.69, 9.17) is 74.3 Å². The highest BCUT2D eigenvalue weighted by molar-refractivity contribution is 6.42. The Kier molecular flexibility index (Phi) is 10.3. The average molecular weight is 770 g/mol. The van der Waals surface area contributed by atoms with Crippen LogP contribution >= 0.6 is 69.6 Å². The molecule has 1 saturated carbocycles. The third-order valence-corrected chi connectivity index (χ3v) is 11.5.